The fourth-order valence-corrected chi connectivity index (χ4v) is 4.00. The molecule has 0 unspecified atom stereocenters. The molecule has 4 heterocycles. The molecule has 2 fully saturated rings. The number of aromatic nitrogens is 2. The van der Waals surface area contributed by atoms with Crippen molar-refractivity contribution < 1.29 is 9.53 Å². The lowest BCUT2D eigenvalue weighted by Gasteiger charge is -2.40. The first-order chi connectivity index (χ1) is 11.7. The number of piperidine rings is 1. The quantitative estimate of drug-likeness (QED) is 0.784. The largest absolute Gasteiger partial charge is 0.379 e. The predicted molar refractivity (Wildman–Crippen MR) is 94.2 cm³/mol. The van der Waals surface area contributed by atoms with Crippen LogP contribution in [0.1, 0.15) is 23.2 Å². The molecule has 0 saturated carbocycles. The van der Waals surface area contributed by atoms with Crippen LogP contribution in [0, 0.1) is 0 Å². The lowest BCUT2D eigenvalue weighted by Crippen LogP contribution is -2.50. The van der Waals surface area contributed by atoms with E-state index in [0.29, 0.717) is 11.6 Å². The third-order valence-electron chi connectivity index (χ3n) is 5.03. The van der Waals surface area contributed by atoms with Crippen LogP contribution in [0.25, 0.3) is 5.52 Å². The number of likely N-dealkylation sites (tertiary alicyclic amines) is 1. The monoisotopic (exact) mass is 392 g/mol. The van der Waals surface area contributed by atoms with Gasteiger partial charge in [0.15, 0.2) is 0 Å². The van der Waals surface area contributed by atoms with Crippen molar-refractivity contribution in [2.75, 3.05) is 39.4 Å². The van der Waals surface area contributed by atoms with Crippen molar-refractivity contribution in [3.63, 3.8) is 0 Å². The zero-order chi connectivity index (χ0) is 16.5. The van der Waals surface area contributed by atoms with Crippen molar-refractivity contribution in [2.45, 2.75) is 18.9 Å². The number of halogens is 1. The SMILES string of the molecule is O=C(c1cnn2ccc(Br)cc12)N1CCC(N2CCOCC2)CC1. The minimum Gasteiger partial charge on any atom is -0.379 e. The Balaban J connectivity index is 1.44. The summed E-state index contributed by atoms with van der Waals surface area (Å²) in [6.07, 6.45) is 5.61. The molecule has 4 rings (SSSR count). The molecule has 0 radical (unpaired) electrons. The molecule has 0 aromatic carbocycles. The molecular formula is C17H21BrN4O2. The molecule has 0 aliphatic carbocycles. The molecule has 7 heteroatoms. The first kappa shape index (κ1) is 16.1. The normalized spacial score (nSPS) is 20.6. The summed E-state index contributed by atoms with van der Waals surface area (Å²) in [5, 5.41) is 4.29. The summed E-state index contributed by atoms with van der Waals surface area (Å²) in [5.74, 6) is 0.0866. The van der Waals surface area contributed by atoms with Crippen LogP contribution in [0.15, 0.2) is 29.0 Å². The third kappa shape index (κ3) is 3.08. The van der Waals surface area contributed by atoms with Gasteiger partial charge in [0.2, 0.25) is 0 Å². The fourth-order valence-electron chi connectivity index (χ4n) is 3.67. The number of carbonyl (C=O) groups excluding carboxylic acids is 1. The van der Waals surface area contributed by atoms with Gasteiger partial charge in [0.1, 0.15) is 0 Å². The Hall–Kier alpha value is -1.44. The van der Waals surface area contributed by atoms with E-state index < -0.39 is 0 Å². The van der Waals surface area contributed by atoms with E-state index in [4.69, 9.17) is 4.74 Å². The van der Waals surface area contributed by atoms with Crippen molar-refractivity contribution in [1.82, 2.24) is 19.4 Å². The molecule has 1 amide bonds. The molecule has 6 nitrogen and oxygen atoms in total. The van der Waals surface area contributed by atoms with Gasteiger partial charge < -0.3 is 9.64 Å². The Morgan fingerprint density at radius 3 is 2.71 bits per heavy atom. The maximum absolute atomic E-state index is 12.9. The molecule has 0 bridgehead atoms. The second-order valence-electron chi connectivity index (χ2n) is 6.40. The number of rotatable bonds is 2. The van der Waals surface area contributed by atoms with E-state index in [1.807, 2.05) is 23.2 Å². The van der Waals surface area contributed by atoms with Crippen LogP contribution < -0.4 is 0 Å². The number of fused-ring (bicyclic) bond motifs is 1. The topological polar surface area (TPSA) is 50.1 Å². The van der Waals surface area contributed by atoms with Crippen LogP contribution in [-0.2, 0) is 4.74 Å². The number of ether oxygens (including phenoxy) is 1. The highest BCUT2D eigenvalue weighted by atomic mass is 79.9. The van der Waals surface area contributed by atoms with Crippen LogP contribution in [0.3, 0.4) is 0 Å². The van der Waals surface area contributed by atoms with Gasteiger partial charge in [-0.2, -0.15) is 5.10 Å². The number of nitrogens with zero attached hydrogens (tertiary/aromatic N) is 4. The molecule has 2 aliphatic heterocycles. The second-order valence-corrected chi connectivity index (χ2v) is 7.32. The van der Waals surface area contributed by atoms with Crippen molar-refractivity contribution in [1.29, 1.82) is 0 Å². The molecule has 2 aromatic rings. The molecule has 2 saturated heterocycles. The standard InChI is InChI=1S/C17H21BrN4O2/c18-13-1-6-22-16(11-13)15(12-19-22)17(23)21-4-2-14(3-5-21)20-7-9-24-10-8-20/h1,6,11-12,14H,2-5,7-10H2. The van der Waals surface area contributed by atoms with E-state index in [1.165, 1.54) is 0 Å². The highest BCUT2D eigenvalue weighted by Crippen LogP contribution is 2.22. The van der Waals surface area contributed by atoms with Gasteiger partial charge in [0.05, 0.1) is 30.5 Å². The smallest absolute Gasteiger partial charge is 0.257 e. The van der Waals surface area contributed by atoms with E-state index >= 15 is 0 Å². The highest BCUT2D eigenvalue weighted by Gasteiger charge is 2.29. The number of amides is 1. The van der Waals surface area contributed by atoms with Crippen LogP contribution in [0.5, 0.6) is 0 Å². The van der Waals surface area contributed by atoms with Crippen molar-refractivity contribution in [3.05, 3.63) is 34.6 Å². The van der Waals surface area contributed by atoms with E-state index in [0.717, 1.165) is 62.2 Å². The molecular weight excluding hydrogens is 372 g/mol. The number of pyridine rings is 1. The van der Waals surface area contributed by atoms with Crippen molar-refractivity contribution in [3.8, 4) is 0 Å². The molecule has 24 heavy (non-hydrogen) atoms. The van der Waals surface area contributed by atoms with E-state index in [2.05, 4.69) is 25.9 Å². The number of carbonyl (C=O) groups is 1. The van der Waals surface area contributed by atoms with Crippen LogP contribution >= 0.6 is 15.9 Å². The van der Waals surface area contributed by atoms with Gasteiger partial charge in [-0.25, -0.2) is 4.52 Å². The lowest BCUT2D eigenvalue weighted by molar-refractivity contribution is 0.00161. The molecule has 0 spiro atoms. The first-order valence-electron chi connectivity index (χ1n) is 8.46. The Labute approximate surface area is 149 Å². The van der Waals surface area contributed by atoms with Crippen LogP contribution in [-0.4, -0.2) is 70.8 Å². The molecule has 2 aromatic heterocycles. The predicted octanol–water partition coefficient (Wildman–Crippen LogP) is 2.03. The molecule has 128 valence electrons. The zero-order valence-electron chi connectivity index (χ0n) is 13.5. The number of morpholine rings is 1. The van der Waals surface area contributed by atoms with Gasteiger partial charge in [0, 0.05) is 42.9 Å². The maximum Gasteiger partial charge on any atom is 0.257 e. The lowest BCUT2D eigenvalue weighted by atomic mass is 10.0. The maximum atomic E-state index is 12.9. The second kappa shape index (κ2) is 6.82. The molecule has 0 N–H and O–H groups in total. The van der Waals surface area contributed by atoms with E-state index in [-0.39, 0.29) is 5.91 Å². The van der Waals surface area contributed by atoms with Gasteiger partial charge in [-0.05, 0) is 25.0 Å². The van der Waals surface area contributed by atoms with Gasteiger partial charge in [-0.1, -0.05) is 15.9 Å². The number of hydrogen-bond acceptors (Lipinski definition) is 4. The summed E-state index contributed by atoms with van der Waals surface area (Å²) in [6, 6.07) is 4.44. The van der Waals surface area contributed by atoms with Crippen LogP contribution in [0.4, 0.5) is 0 Å². The van der Waals surface area contributed by atoms with Gasteiger partial charge in [-0.3, -0.25) is 9.69 Å². The Bertz CT molecular complexity index is 733. The first-order valence-corrected chi connectivity index (χ1v) is 9.25. The van der Waals surface area contributed by atoms with E-state index in [9.17, 15) is 4.79 Å². The summed E-state index contributed by atoms with van der Waals surface area (Å²) in [4.78, 5) is 17.4. The highest BCUT2D eigenvalue weighted by molar-refractivity contribution is 9.10. The Morgan fingerprint density at radius 2 is 1.96 bits per heavy atom. The summed E-state index contributed by atoms with van der Waals surface area (Å²) >= 11 is 3.47. The Morgan fingerprint density at radius 1 is 1.21 bits per heavy atom. The summed E-state index contributed by atoms with van der Waals surface area (Å²) < 4.78 is 8.13. The van der Waals surface area contributed by atoms with Crippen LogP contribution in [0.2, 0.25) is 0 Å². The van der Waals surface area contributed by atoms with Gasteiger partial charge in [-0.15, -0.1) is 0 Å². The summed E-state index contributed by atoms with van der Waals surface area (Å²) in [7, 11) is 0. The number of hydrogen-bond donors (Lipinski definition) is 0. The Kier molecular flexibility index (Phi) is 4.56. The fraction of sp³-hybridized carbons (Fsp3) is 0.529. The minimum absolute atomic E-state index is 0.0866. The molecule has 2 aliphatic rings. The summed E-state index contributed by atoms with van der Waals surface area (Å²) in [5.41, 5.74) is 1.53. The van der Waals surface area contributed by atoms with Gasteiger partial charge in [0.25, 0.3) is 5.91 Å². The third-order valence-corrected chi connectivity index (χ3v) is 5.52. The average molecular weight is 393 g/mol. The zero-order valence-corrected chi connectivity index (χ0v) is 15.1. The van der Waals surface area contributed by atoms with Gasteiger partial charge >= 0.3 is 0 Å². The average Bonchev–Trinajstić information content (AvgIpc) is 3.05. The van der Waals surface area contributed by atoms with Crippen molar-refractivity contribution in [2.24, 2.45) is 0 Å². The summed E-state index contributed by atoms with van der Waals surface area (Å²) in [6.45, 7) is 5.31. The minimum atomic E-state index is 0.0866. The molecule has 0 atom stereocenters. The van der Waals surface area contributed by atoms with Crippen molar-refractivity contribution >= 4 is 27.4 Å². The van der Waals surface area contributed by atoms with E-state index in [1.54, 1.807) is 10.7 Å².